The van der Waals surface area contributed by atoms with Gasteiger partial charge in [0, 0.05) is 58.4 Å². The first-order chi connectivity index (χ1) is 26.9. The normalized spacial score (nSPS) is 13.4. The smallest absolute Gasteiger partial charge is 0.407 e. The van der Waals surface area contributed by atoms with Gasteiger partial charge in [0.15, 0.2) is 0 Å². The van der Waals surface area contributed by atoms with Crippen molar-refractivity contribution in [3.05, 3.63) is 0 Å². The number of urea groups is 6. The molecule has 59 heavy (non-hydrogen) atoms. The minimum absolute atomic E-state index is 0.0505. The quantitative estimate of drug-likeness (QED) is 0.0811. The molecule has 0 radical (unpaired) electrons. The van der Waals surface area contributed by atoms with E-state index >= 15 is 0 Å². The molecule has 21 heteroatoms. The molecular formula is C38H77N13O8. The zero-order chi connectivity index (χ0) is 45.8. The summed E-state index contributed by atoms with van der Waals surface area (Å²) in [5.74, 6) is 0.236. The molecule has 0 aliphatic carbocycles. The highest BCUT2D eigenvalue weighted by Crippen LogP contribution is 2.09. The van der Waals surface area contributed by atoms with Gasteiger partial charge in [0.05, 0.1) is 22.7 Å². The molecule has 3 atom stereocenters. The Morgan fingerprint density at radius 3 is 1.39 bits per heavy atom. The summed E-state index contributed by atoms with van der Waals surface area (Å²) in [7, 11) is 1.51. The number of rotatable bonds is 21. The molecule has 0 heterocycles. The number of ether oxygens (including phenoxy) is 1. The molecule has 13 amide bonds. The monoisotopic (exact) mass is 844 g/mol. The second kappa shape index (κ2) is 24.7. The van der Waals surface area contributed by atoms with Crippen molar-refractivity contribution in [1.29, 1.82) is 0 Å². The first kappa shape index (κ1) is 53.9. The van der Waals surface area contributed by atoms with Gasteiger partial charge in [-0.05, 0) is 87.5 Å². The van der Waals surface area contributed by atoms with Gasteiger partial charge in [-0.15, -0.1) is 0 Å². The second-order valence-corrected chi connectivity index (χ2v) is 18.5. The highest BCUT2D eigenvalue weighted by Gasteiger charge is 2.28. The first-order valence-electron chi connectivity index (χ1n) is 20.1. The van der Waals surface area contributed by atoms with Gasteiger partial charge in [0.2, 0.25) is 0 Å². The number of hydrogen-bond donors (Lipinski definition) is 13. The minimum Gasteiger partial charge on any atom is -0.444 e. The molecule has 0 bridgehead atoms. The molecule has 0 saturated heterocycles. The Labute approximate surface area is 351 Å². The van der Waals surface area contributed by atoms with Crippen LogP contribution in [0, 0.1) is 11.8 Å². The van der Waals surface area contributed by atoms with Crippen LogP contribution in [0.5, 0.6) is 0 Å². The van der Waals surface area contributed by atoms with Crippen molar-refractivity contribution >= 4 is 42.3 Å². The van der Waals surface area contributed by atoms with Gasteiger partial charge >= 0.3 is 42.3 Å². The van der Waals surface area contributed by atoms with Crippen LogP contribution in [0.3, 0.4) is 0 Å². The Morgan fingerprint density at radius 1 is 0.492 bits per heavy atom. The fourth-order valence-corrected chi connectivity index (χ4v) is 5.09. The SMILES string of the molecule is CNC(=O)NC[C@H](CC(C)C)NC(=O)NC[C@H](C)NC(=O)NC[C@@H](NC(=O)NC(C)(C)CNC(=O)NC(C)(C)CNC(=O)NC(C)(C)CNC(=O)OC(C)(C)C)C(C)C. The van der Waals surface area contributed by atoms with Gasteiger partial charge in [-0.1, -0.05) is 27.7 Å². The average molecular weight is 844 g/mol. The molecular weight excluding hydrogens is 767 g/mol. The predicted octanol–water partition coefficient (Wildman–Crippen LogP) is 2.10. The summed E-state index contributed by atoms with van der Waals surface area (Å²) >= 11 is 0. The lowest BCUT2D eigenvalue weighted by Gasteiger charge is -2.32. The first-order valence-corrected chi connectivity index (χ1v) is 20.1. The second-order valence-electron chi connectivity index (χ2n) is 18.5. The largest absolute Gasteiger partial charge is 0.444 e. The van der Waals surface area contributed by atoms with E-state index in [9.17, 15) is 33.6 Å². The van der Waals surface area contributed by atoms with Crippen molar-refractivity contribution in [2.45, 2.75) is 144 Å². The van der Waals surface area contributed by atoms with Crippen molar-refractivity contribution < 1.29 is 38.3 Å². The Morgan fingerprint density at radius 2 is 0.932 bits per heavy atom. The number of amides is 13. The van der Waals surface area contributed by atoms with Crippen molar-refractivity contribution in [2.75, 3.05) is 46.3 Å². The summed E-state index contributed by atoms with van der Waals surface area (Å²) < 4.78 is 5.23. The van der Waals surface area contributed by atoms with Gasteiger partial charge in [0.25, 0.3) is 0 Å². The Bertz CT molecular complexity index is 1380. The van der Waals surface area contributed by atoms with Crippen molar-refractivity contribution in [3.8, 4) is 0 Å². The van der Waals surface area contributed by atoms with E-state index in [4.69, 9.17) is 4.74 Å². The van der Waals surface area contributed by atoms with E-state index in [1.165, 1.54) is 7.05 Å². The fourth-order valence-electron chi connectivity index (χ4n) is 5.09. The number of alkyl carbamates (subject to hydrolysis) is 1. The molecule has 0 saturated carbocycles. The average Bonchev–Trinajstić information content (AvgIpc) is 3.07. The van der Waals surface area contributed by atoms with Crippen LogP contribution >= 0.6 is 0 Å². The van der Waals surface area contributed by atoms with Crippen molar-refractivity contribution in [3.63, 3.8) is 0 Å². The van der Waals surface area contributed by atoms with E-state index in [1.54, 1.807) is 69.2 Å². The van der Waals surface area contributed by atoms with Gasteiger partial charge in [-0.3, -0.25) is 0 Å². The summed E-state index contributed by atoms with van der Waals surface area (Å²) in [6, 6.07) is -3.90. The lowest BCUT2D eigenvalue weighted by molar-refractivity contribution is 0.0514. The third-order valence-corrected chi connectivity index (χ3v) is 8.19. The van der Waals surface area contributed by atoms with Crippen LogP contribution in [0.1, 0.15) is 103 Å². The highest BCUT2D eigenvalue weighted by atomic mass is 16.6. The third kappa shape index (κ3) is 28.0. The maximum absolute atomic E-state index is 13.0. The van der Waals surface area contributed by atoms with Gasteiger partial charge in [-0.2, -0.15) is 0 Å². The molecule has 0 aromatic carbocycles. The Kier molecular flexibility index (Phi) is 22.6. The third-order valence-electron chi connectivity index (χ3n) is 8.19. The summed E-state index contributed by atoms with van der Waals surface area (Å²) in [6.07, 6.45) is 0.0606. The van der Waals surface area contributed by atoms with Crippen LogP contribution in [0.2, 0.25) is 0 Å². The zero-order valence-corrected chi connectivity index (χ0v) is 38.1. The van der Waals surface area contributed by atoms with Crippen LogP contribution in [0.15, 0.2) is 0 Å². The zero-order valence-electron chi connectivity index (χ0n) is 38.1. The molecule has 0 aromatic rings. The number of hydrogen-bond acceptors (Lipinski definition) is 8. The lowest BCUT2D eigenvalue weighted by atomic mass is 10.0. The number of carbonyl (C=O) groups excluding carboxylic acids is 7. The Balaban J connectivity index is 4.78. The van der Waals surface area contributed by atoms with E-state index in [0.717, 1.165) is 0 Å². The standard InChI is InChI=1S/C38H77N13O8/c1-23(2)16-26(18-41-28(52)39-15)47-30(54)40-17-25(5)46-29(53)42-19-27(24(3)4)48-33(57)51-37(11,12)21-44-31(55)49-36(9,10)20-43-32(56)50-38(13,14)22-45-34(58)59-35(6,7)8/h23-27H,16-22H2,1-15H3,(H,45,58)(H2,39,41,52)(H2,40,47,54)(H2,42,46,53)(H2,43,50,56)(H2,44,49,55)(H2,48,51,57)/t25-,26-,27+/m0/s1. The number of nitrogens with one attached hydrogen (secondary N) is 13. The molecule has 0 aromatic heterocycles. The maximum Gasteiger partial charge on any atom is 0.407 e. The number of carbonyl (C=O) groups is 7. The molecule has 0 aliphatic rings. The van der Waals surface area contributed by atoms with E-state index in [1.807, 2.05) is 27.7 Å². The molecule has 0 aliphatic heterocycles. The molecule has 0 rings (SSSR count). The van der Waals surface area contributed by atoms with Crippen LogP contribution < -0.4 is 69.1 Å². The Hall–Kier alpha value is -5.11. The fraction of sp³-hybridized carbons (Fsp3) is 0.816. The van der Waals surface area contributed by atoms with Gasteiger partial charge in [0.1, 0.15) is 5.60 Å². The van der Waals surface area contributed by atoms with Crippen molar-refractivity contribution in [2.24, 2.45) is 11.8 Å². The molecule has 13 N–H and O–H groups in total. The topological polar surface area (TPSA) is 285 Å². The molecule has 0 unspecified atom stereocenters. The van der Waals surface area contributed by atoms with Crippen LogP contribution in [0.25, 0.3) is 0 Å². The summed E-state index contributed by atoms with van der Waals surface area (Å²) in [6.45, 7) is 26.0. The minimum atomic E-state index is -0.876. The predicted molar refractivity (Wildman–Crippen MR) is 228 cm³/mol. The summed E-state index contributed by atoms with van der Waals surface area (Å²) in [5, 5.41) is 35.7. The van der Waals surface area contributed by atoms with Crippen LogP contribution in [-0.2, 0) is 4.74 Å². The van der Waals surface area contributed by atoms with E-state index in [0.29, 0.717) is 6.42 Å². The van der Waals surface area contributed by atoms with Crippen LogP contribution in [0.4, 0.5) is 33.6 Å². The van der Waals surface area contributed by atoms with Crippen molar-refractivity contribution in [1.82, 2.24) is 69.1 Å². The van der Waals surface area contributed by atoms with Gasteiger partial charge in [-0.25, -0.2) is 33.6 Å². The molecule has 0 fully saturated rings. The van der Waals surface area contributed by atoms with E-state index in [2.05, 4.69) is 69.1 Å². The van der Waals surface area contributed by atoms with Gasteiger partial charge < -0.3 is 73.9 Å². The van der Waals surface area contributed by atoms with Crippen LogP contribution in [-0.4, -0.2) is 129 Å². The summed E-state index contributed by atoms with van der Waals surface area (Å²) in [4.78, 5) is 87.1. The van der Waals surface area contributed by atoms with E-state index in [-0.39, 0.29) is 63.2 Å². The maximum atomic E-state index is 13.0. The molecule has 0 spiro atoms. The lowest BCUT2D eigenvalue weighted by Crippen LogP contribution is -2.61. The summed E-state index contributed by atoms with van der Waals surface area (Å²) in [5.41, 5.74) is -3.18. The van der Waals surface area contributed by atoms with E-state index < -0.39 is 70.6 Å². The molecule has 21 nitrogen and oxygen atoms in total. The highest BCUT2D eigenvalue weighted by molar-refractivity contribution is 5.78. The molecule has 342 valence electrons.